The Balaban J connectivity index is 2.06. The van der Waals surface area contributed by atoms with Gasteiger partial charge in [-0.05, 0) is 37.4 Å². The first-order chi connectivity index (χ1) is 11.1. The van der Waals surface area contributed by atoms with Crippen molar-refractivity contribution in [3.05, 3.63) is 52.1 Å². The fourth-order valence-corrected chi connectivity index (χ4v) is 3.56. The van der Waals surface area contributed by atoms with Crippen LogP contribution in [0.3, 0.4) is 0 Å². The van der Waals surface area contributed by atoms with Crippen molar-refractivity contribution in [1.82, 2.24) is 15.2 Å². The minimum absolute atomic E-state index is 0.283. The van der Waals surface area contributed by atoms with Crippen LogP contribution in [0.1, 0.15) is 24.8 Å². The molecule has 6 nitrogen and oxygen atoms in total. The number of thiophene rings is 1. The molecular formula is C16H17N3O3S. The molecule has 3 rings (SSSR count). The first-order valence-electron chi connectivity index (χ1n) is 7.28. The molecule has 1 atom stereocenters. The van der Waals surface area contributed by atoms with Crippen molar-refractivity contribution in [1.29, 1.82) is 0 Å². The molecule has 3 heterocycles. The number of nitrogens with zero attached hydrogens (tertiary/aromatic N) is 1. The highest BCUT2D eigenvalue weighted by Crippen LogP contribution is 2.35. The van der Waals surface area contributed by atoms with Gasteiger partial charge in [0.2, 0.25) is 0 Å². The zero-order valence-electron chi connectivity index (χ0n) is 12.8. The van der Waals surface area contributed by atoms with Gasteiger partial charge >= 0.3 is 12.0 Å². The maximum Gasteiger partial charge on any atom is 0.338 e. The quantitative estimate of drug-likeness (QED) is 0.846. The van der Waals surface area contributed by atoms with E-state index in [2.05, 4.69) is 10.6 Å². The third-order valence-electron chi connectivity index (χ3n) is 3.58. The zero-order chi connectivity index (χ0) is 16.4. The van der Waals surface area contributed by atoms with Gasteiger partial charge < -0.3 is 19.9 Å². The molecular weight excluding hydrogens is 314 g/mol. The number of esters is 1. The van der Waals surface area contributed by atoms with Crippen molar-refractivity contribution in [3.8, 4) is 5.69 Å². The van der Waals surface area contributed by atoms with Gasteiger partial charge in [0.05, 0.1) is 22.7 Å². The van der Waals surface area contributed by atoms with E-state index >= 15 is 0 Å². The molecule has 0 saturated carbocycles. The Morgan fingerprint density at radius 1 is 1.39 bits per heavy atom. The molecule has 1 unspecified atom stereocenters. The Hall–Kier alpha value is -2.54. The number of rotatable bonds is 4. The van der Waals surface area contributed by atoms with Crippen LogP contribution in [0, 0.1) is 0 Å². The van der Waals surface area contributed by atoms with Crippen LogP contribution in [0.25, 0.3) is 5.69 Å². The third kappa shape index (κ3) is 2.87. The Kier molecular flexibility index (Phi) is 4.20. The van der Waals surface area contributed by atoms with E-state index in [0.717, 1.165) is 10.6 Å². The highest BCUT2D eigenvalue weighted by atomic mass is 32.1. The zero-order valence-corrected chi connectivity index (χ0v) is 13.6. The van der Waals surface area contributed by atoms with E-state index in [1.54, 1.807) is 13.8 Å². The molecule has 1 aliphatic heterocycles. The van der Waals surface area contributed by atoms with Crippen LogP contribution in [0.15, 0.2) is 47.2 Å². The average molecular weight is 331 g/mol. The lowest BCUT2D eigenvalue weighted by Gasteiger charge is -2.28. The minimum Gasteiger partial charge on any atom is -0.463 e. The topological polar surface area (TPSA) is 72.4 Å². The van der Waals surface area contributed by atoms with Crippen molar-refractivity contribution >= 4 is 23.3 Å². The molecule has 1 aliphatic rings. The molecule has 0 radical (unpaired) electrons. The van der Waals surface area contributed by atoms with Gasteiger partial charge in [-0.2, -0.15) is 0 Å². The summed E-state index contributed by atoms with van der Waals surface area (Å²) in [5.41, 5.74) is 1.88. The number of carbonyl (C=O) groups is 2. The van der Waals surface area contributed by atoms with Crippen molar-refractivity contribution < 1.29 is 14.3 Å². The summed E-state index contributed by atoms with van der Waals surface area (Å²) in [4.78, 5) is 25.1. The summed E-state index contributed by atoms with van der Waals surface area (Å²) in [6.45, 7) is 3.75. The van der Waals surface area contributed by atoms with E-state index < -0.39 is 12.0 Å². The van der Waals surface area contributed by atoms with E-state index in [4.69, 9.17) is 4.74 Å². The van der Waals surface area contributed by atoms with E-state index in [0.29, 0.717) is 11.3 Å². The highest BCUT2D eigenvalue weighted by molar-refractivity contribution is 7.10. The molecule has 0 aromatic carbocycles. The van der Waals surface area contributed by atoms with Gasteiger partial charge in [-0.15, -0.1) is 11.3 Å². The van der Waals surface area contributed by atoms with Gasteiger partial charge in [0.15, 0.2) is 0 Å². The van der Waals surface area contributed by atoms with E-state index in [1.807, 2.05) is 40.5 Å². The fraction of sp³-hybridized carbons (Fsp3) is 0.250. The molecule has 0 saturated heterocycles. The van der Waals surface area contributed by atoms with Gasteiger partial charge in [-0.3, -0.25) is 0 Å². The Bertz CT molecular complexity index is 761. The lowest BCUT2D eigenvalue weighted by Crippen LogP contribution is -2.45. The Morgan fingerprint density at radius 3 is 2.83 bits per heavy atom. The summed E-state index contributed by atoms with van der Waals surface area (Å²) >= 11 is 1.49. The molecule has 23 heavy (non-hydrogen) atoms. The number of allylic oxidation sites excluding steroid dienone is 1. The van der Waals surface area contributed by atoms with Crippen LogP contribution in [0.5, 0.6) is 0 Å². The van der Waals surface area contributed by atoms with Gasteiger partial charge in [-0.1, -0.05) is 0 Å². The van der Waals surface area contributed by atoms with Gasteiger partial charge in [-0.25, -0.2) is 9.59 Å². The van der Waals surface area contributed by atoms with Crippen molar-refractivity contribution in [2.45, 2.75) is 19.9 Å². The SMILES string of the molecule is CCOC(=O)C1=C(C)NC(=O)NC1c1sccc1-n1cccc1. The number of aromatic nitrogens is 1. The molecule has 0 spiro atoms. The van der Waals surface area contributed by atoms with Crippen LogP contribution >= 0.6 is 11.3 Å². The first-order valence-corrected chi connectivity index (χ1v) is 8.16. The smallest absolute Gasteiger partial charge is 0.338 e. The average Bonchev–Trinajstić information content (AvgIpc) is 3.17. The lowest BCUT2D eigenvalue weighted by molar-refractivity contribution is -0.139. The second-order valence-corrected chi connectivity index (χ2v) is 6.00. The summed E-state index contributed by atoms with van der Waals surface area (Å²) in [6, 6.07) is 4.96. The Morgan fingerprint density at radius 2 is 2.13 bits per heavy atom. The summed E-state index contributed by atoms with van der Waals surface area (Å²) in [5, 5.41) is 7.41. The minimum atomic E-state index is -0.528. The molecule has 2 aromatic heterocycles. The van der Waals surface area contributed by atoms with Crippen LogP contribution in [0.4, 0.5) is 4.79 Å². The van der Waals surface area contributed by atoms with Crippen LogP contribution in [-0.4, -0.2) is 23.2 Å². The molecule has 120 valence electrons. The largest absolute Gasteiger partial charge is 0.463 e. The second kappa shape index (κ2) is 6.29. The highest BCUT2D eigenvalue weighted by Gasteiger charge is 2.34. The summed E-state index contributed by atoms with van der Waals surface area (Å²) in [5.74, 6) is -0.422. The van der Waals surface area contributed by atoms with Crippen molar-refractivity contribution in [2.24, 2.45) is 0 Å². The van der Waals surface area contributed by atoms with Gasteiger partial charge in [0.25, 0.3) is 0 Å². The number of carbonyl (C=O) groups excluding carboxylic acids is 2. The van der Waals surface area contributed by atoms with E-state index in [9.17, 15) is 9.59 Å². The monoisotopic (exact) mass is 331 g/mol. The van der Waals surface area contributed by atoms with Crippen molar-refractivity contribution in [3.63, 3.8) is 0 Å². The van der Waals surface area contributed by atoms with Crippen LogP contribution in [-0.2, 0) is 9.53 Å². The molecule has 0 bridgehead atoms. The predicted molar refractivity (Wildman–Crippen MR) is 87.4 cm³/mol. The number of hydrogen-bond donors (Lipinski definition) is 2. The molecule has 0 fully saturated rings. The van der Waals surface area contributed by atoms with Gasteiger partial charge in [0.1, 0.15) is 6.04 Å². The number of nitrogens with one attached hydrogen (secondary N) is 2. The number of urea groups is 1. The third-order valence-corrected chi connectivity index (χ3v) is 4.55. The predicted octanol–water partition coefficient (Wildman–Crippen LogP) is 2.73. The number of hydrogen-bond acceptors (Lipinski definition) is 4. The van der Waals surface area contributed by atoms with Crippen LogP contribution < -0.4 is 10.6 Å². The standard InChI is InChI=1S/C16H17N3O3S/c1-3-22-15(20)12-10(2)17-16(21)18-13(12)14-11(6-9-23-14)19-7-4-5-8-19/h4-9,13H,3H2,1-2H3,(H2,17,18,21). The maximum absolute atomic E-state index is 12.3. The number of ether oxygens (including phenoxy) is 1. The summed E-state index contributed by atoms with van der Waals surface area (Å²) in [7, 11) is 0. The second-order valence-electron chi connectivity index (χ2n) is 5.05. The maximum atomic E-state index is 12.3. The normalized spacial score (nSPS) is 17.7. The fourth-order valence-electron chi connectivity index (χ4n) is 2.61. The molecule has 2 aromatic rings. The lowest BCUT2D eigenvalue weighted by atomic mass is 10.0. The number of amides is 2. The Labute approximate surface area is 137 Å². The molecule has 0 aliphatic carbocycles. The molecule has 7 heteroatoms. The first kappa shape index (κ1) is 15.4. The summed E-state index contributed by atoms with van der Waals surface area (Å²) < 4.78 is 7.11. The van der Waals surface area contributed by atoms with E-state index in [1.165, 1.54) is 11.3 Å². The van der Waals surface area contributed by atoms with Crippen molar-refractivity contribution in [2.75, 3.05) is 6.61 Å². The molecule has 2 amide bonds. The van der Waals surface area contributed by atoms with Gasteiger partial charge in [0, 0.05) is 18.1 Å². The van der Waals surface area contributed by atoms with Crippen LogP contribution in [0.2, 0.25) is 0 Å². The van der Waals surface area contributed by atoms with E-state index in [-0.39, 0.29) is 12.6 Å². The molecule has 2 N–H and O–H groups in total. The summed E-state index contributed by atoms with van der Waals surface area (Å²) in [6.07, 6.45) is 3.85.